The van der Waals surface area contributed by atoms with Crippen molar-refractivity contribution in [1.29, 1.82) is 0 Å². The van der Waals surface area contributed by atoms with Crippen LogP contribution in [-0.4, -0.2) is 82.9 Å². The van der Waals surface area contributed by atoms with Crippen LogP contribution < -0.4 is 0 Å². The highest BCUT2D eigenvalue weighted by molar-refractivity contribution is 7.94. The van der Waals surface area contributed by atoms with Gasteiger partial charge in [-0.15, -0.1) is 4.20 Å². The van der Waals surface area contributed by atoms with Crippen molar-refractivity contribution in [2.75, 3.05) is 0 Å². The van der Waals surface area contributed by atoms with Crippen LogP contribution in [0, 0.1) is 0 Å². The molecule has 3 unspecified atom stereocenters. The van der Waals surface area contributed by atoms with Crippen molar-refractivity contribution in [2.24, 2.45) is 0 Å². The minimum Gasteiger partial charge on any atom is -0.281 e. The van der Waals surface area contributed by atoms with Gasteiger partial charge in [-0.3, -0.25) is 9.05 Å². The van der Waals surface area contributed by atoms with Crippen LogP contribution in [0.15, 0.2) is 0 Å². The fourth-order valence-electron chi connectivity index (χ4n) is 2.78. The van der Waals surface area contributed by atoms with Crippen LogP contribution in [0.3, 0.4) is 0 Å². The zero-order valence-electron chi connectivity index (χ0n) is 21.8. The summed E-state index contributed by atoms with van der Waals surface area (Å²) in [5.74, 6) is -97.9. The molecule has 3 atom stereocenters. The van der Waals surface area contributed by atoms with E-state index in [9.17, 15) is 114 Å². The van der Waals surface area contributed by atoms with Crippen LogP contribution in [0.4, 0.5) is 109 Å². The van der Waals surface area contributed by atoms with E-state index in [0.717, 1.165) is 0 Å². The molecule has 0 N–H and O–H groups in total. The van der Waals surface area contributed by atoms with E-state index in [4.69, 9.17) is 0 Å². The van der Waals surface area contributed by atoms with E-state index < -0.39 is 110 Å². The molecule has 0 aliphatic rings. The lowest BCUT2D eigenvalue weighted by molar-refractivity contribution is -0.475. The molecule has 3 nitrogen and oxygen atoms in total. The second-order valence-corrected chi connectivity index (χ2v) is 11.0. The van der Waals surface area contributed by atoms with Gasteiger partial charge in [-0.2, -0.15) is 100 Å². The van der Waals surface area contributed by atoms with Gasteiger partial charge in [-0.25, -0.2) is 8.96 Å². The largest absolute Gasteiger partial charge is 0.513 e. The fraction of sp³-hybridized carbons (Fsp3) is 1.00. The Balaban J connectivity index is 7.26. The van der Waals surface area contributed by atoms with Crippen molar-refractivity contribution in [3.63, 3.8) is 0 Å². The molecule has 0 spiro atoms. The highest BCUT2D eigenvalue weighted by Gasteiger charge is 2.99. The molecule has 0 saturated heterocycles. The Kier molecular flexibility index (Phi) is 12.2. The standard InChI is InChI=1S/C17H12F25O3PS/c1-4(2)44-46(41,43)45-5(3)7(19,20)9(23,24)11(27,28)13(31,32)15(35,36)17(39,40)16(37,38)14(33,34)12(29,30)10(25,26)8(21,22)6(18)47-42/h4-6H,1-3H3. The van der Waals surface area contributed by atoms with Crippen LogP contribution in [0.2, 0.25) is 0 Å². The monoisotopic (exact) mass is 802 g/mol. The topological polar surface area (TPSA) is 35.5 Å². The van der Waals surface area contributed by atoms with E-state index in [0.29, 0.717) is 13.8 Å². The van der Waals surface area contributed by atoms with Gasteiger partial charge >= 0.3 is 73.1 Å². The van der Waals surface area contributed by atoms with Crippen LogP contribution in [0.1, 0.15) is 20.8 Å². The highest BCUT2D eigenvalue weighted by atomic mass is 32.2. The summed E-state index contributed by atoms with van der Waals surface area (Å²) < 4.78 is 359. The minimum atomic E-state index is -9.59. The zero-order valence-corrected chi connectivity index (χ0v) is 23.5. The minimum absolute atomic E-state index is 0.687. The van der Waals surface area contributed by atoms with E-state index in [1.165, 1.54) is 0 Å². The molecule has 30 heteroatoms. The van der Waals surface area contributed by atoms with Gasteiger partial charge in [0, 0.05) is 0 Å². The summed E-state index contributed by atoms with van der Waals surface area (Å²) >= 11 is -2.78. The molecular formula is C17H12F25O3PS. The molecule has 0 fully saturated rings. The molecule has 0 saturated carbocycles. The first kappa shape index (κ1) is 45.8. The molecule has 0 amide bonds. The van der Waals surface area contributed by atoms with Crippen molar-refractivity contribution in [2.45, 2.75) is 104 Å². The van der Waals surface area contributed by atoms with Gasteiger partial charge in [0.15, 0.2) is 0 Å². The van der Waals surface area contributed by atoms with Crippen molar-refractivity contribution in [3.05, 3.63) is 0 Å². The van der Waals surface area contributed by atoms with Gasteiger partial charge in [0.1, 0.15) is 6.10 Å². The molecule has 0 rings (SSSR count). The normalized spacial score (nSPS) is 18.7. The molecule has 47 heavy (non-hydrogen) atoms. The summed E-state index contributed by atoms with van der Waals surface area (Å²) in [4.78, 5) is 0. The summed E-state index contributed by atoms with van der Waals surface area (Å²) in [7, 11) is -6.64. The molecule has 0 aromatic rings. The molecule has 0 aromatic heterocycles. The third-order valence-corrected chi connectivity index (χ3v) is 7.18. The summed E-state index contributed by atoms with van der Waals surface area (Å²) in [6.45, 7) is 0.584. The Morgan fingerprint density at radius 2 is 0.702 bits per heavy atom. The zero-order chi connectivity index (χ0) is 38.9. The fourth-order valence-corrected chi connectivity index (χ4v) is 4.11. The lowest BCUT2D eigenvalue weighted by atomic mass is 9.84. The Morgan fingerprint density at radius 3 is 0.936 bits per heavy atom. The summed E-state index contributed by atoms with van der Waals surface area (Å²) in [5.41, 5.74) is -5.50. The Labute approximate surface area is 247 Å². The number of halogens is 25. The third kappa shape index (κ3) is 6.43. The maximum absolute atomic E-state index is 14.0. The Bertz CT molecular complexity index is 1160. The first-order valence-corrected chi connectivity index (χ1v) is 13.0. The smallest absolute Gasteiger partial charge is 0.281 e. The summed E-state index contributed by atoms with van der Waals surface area (Å²) in [6.07, 6.45) is -6.28. The van der Waals surface area contributed by atoms with Crippen molar-refractivity contribution < 1.29 is 123 Å². The second kappa shape index (κ2) is 12.5. The number of hydrogen-bond acceptors (Lipinski definition) is 4. The van der Waals surface area contributed by atoms with Gasteiger partial charge in [0.25, 0.3) is 0 Å². The average Bonchev–Trinajstić information content (AvgIpc) is 2.85. The summed E-state index contributed by atoms with van der Waals surface area (Å²) in [6, 6.07) is 0. The maximum Gasteiger partial charge on any atom is 0.513 e. The van der Waals surface area contributed by atoms with Crippen LogP contribution in [0.5, 0.6) is 0 Å². The SMILES string of the molecule is CC(C)OP(=O)(F)OC(C)C(F)(F)C(F)(F)C(F)(F)C(F)(F)C(F)(F)C(F)(F)C(F)(F)C(F)(F)C(F)(F)C(F)(F)C(F)(F)C(F)SF. The average molecular weight is 802 g/mol. The number of rotatable bonds is 17. The van der Waals surface area contributed by atoms with Crippen LogP contribution >= 0.6 is 20.1 Å². The molecule has 0 aliphatic carbocycles. The van der Waals surface area contributed by atoms with Gasteiger partial charge < -0.3 is 0 Å². The molecule has 284 valence electrons. The Hall–Kier alpha value is -1.25. The molecule has 0 aromatic carbocycles. The van der Waals surface area contributed by atoms with E-state index in [1.54, 1.807) is 0 Å². The predicted molar refractivity (Wildman–Crippen MR) is 103 cm³/mol. The molecule has 0 aliphatic heterocycles. The van der Waals surface area contributed by atoms with Crippen molar-refractivity contribution >= 4 is 20.1 Å². The lowest BCUT2D eigenvalue weighted by Gasteiger charge is -2.46. The highest BCUT2D eigenvalue weighted by Crippen LogP contribution is 2.68. The number of alkyl halides is 23. The lowest BCUT2D eigenvalue weighted by Crippen LogP contribution is -2.78. The van der Waals surface area contributed by atoms with Gasteiger partial charge in [-0.1, -0.05) is 0 Å². The second-order valence-electron chi connectivity index (χ2n) is 9.15. The predicted octanol–water partition coefficient (Wildman–Crippen LogP) is 10.8. The van der Waals surface area contributed by atoms with E-state index in [1.807, 2.05) is 0 Å². The van der Waals surface area contributed by atoms with E-state index >= 15 is 0 Å². The van der Waals surface area contributed by atoms with Gasteiger partial charge in [0.05, 0.1) is 18.3 Å². The maximum atomic E-state index is 14.0. The van der Waals surface area contributed by atoms with E-state index in [-0.39, 0.29) is 0 Å². The van der Waals surface area contributed by atoms with Gasteiger partial charge in [-0.05, 0) is 20.8 Å². The third-order valence-electron chi connectivity index (χ3n) is 5.49. The summed E-state index contributed by atoms with van der Waals surface area (Å²) in [5, 5.41) is 0. The first-order chi connectivity index (χ1) is 20.0. The van der Waals surface area contributed by atoms with Crippen LogP contribution in [-0.2, 0) is 13.6 Å². The van der Waals surface area contributed by atoms with Crippen LogP contribution in [0.25, 0.3) is 0 Å². The van der Waals surface area contributed by atoms with E-state index in [2.05, 4.69) is 9.05 Å². The van der Waals surface area contributed by atoms with Crippen molar-refractivity contribution in [3.8, 4) is 0 Å². The molecule has 0 bridgehead atoms. The van der Waals surface area contributed by atoms with Crippen molar-refractivity contribution in [1.82, 2.24) is 0 Å². The quantitative estimate of drug-likeness (QED) is 0.108. The molecule has 0 heterocycles. The molecular weight excluding hydrogens is 790 g/mol. The number of hydrogen-bond donors (Lipinski definition) is 0. The molecule has 0 radical (unpaired) electrons. The Morgan fingerprint density at radius 1 is 0.468 bits per heavy atom. The first-order valence-electron chi connectivity index (χ1n) is 10.8. The van der Waals surface area contributed by atoms with Gasteiger partial charge in [0.2, 0.25) is 5.50 Å².